The first-order valence-electron chi connectivity index (χ1n) is 11.0. The van der Waals surface area contributed by atoms with Crippen molar-refractivity contribution >= 4 is 29.4 Å². The Kier molecular flexibility index (Phi) is 7.09. The summed E-state index contributed by atoms with van der Waals surface area (Å²) in [5.41, 5.74) is 3.01. The molecule has 0 atom stereocenters. The van der Waals surface area contributed by atoms with E-state index >= 15 is 0 Å². The largest absolute Gasteiger partial charge is 0.327 e. The number of halogens is 1. The Labute approximate surface area is 203 Å². The quantitative estimate of drug-likeness (QED) is 0.376. The molecule has 0 aliphatic carbocycles. The van der Waals surface area contributed by atoms with Crippen LogP contribution in [0.2, 0.25) is 5.02 Å². The molecule has 0 saturated heterocycles. The highest BCUT2D eigenvalue weighted by Gasteiger charge is 2.23. The molecular weight excluding hydrogens is 448 g/mol. The highest BCUT2D eigenvalue weighted by atomic mass is 35.5. The number of hydrogen-bond donors (Lipinski definition) is 1. The molecule has 0 unspecified atom stereocenters. The molecule has 0 fully saturated rings. The van der Waals surface area contributed by atoms with E-state index in [9.17, 15) is 9.59 Å². The summed E-state index contributed by atoms with van der Waals surface area (Å²) in [6.45, 7) is 3.64. The number of hydrogen-bond acceptors (Lipinski definition) is 3. The molecule has 4 aromatic rings. The smallest absolute Gasteiger partial charge is 0.254 e. The van der Waals surface area contributed by atoms with Gasteiger partial charge in [-0.15, -0.1) is 0 Å². The van der Waals surface area contributed by atoms with Gasteiger partial charge in [0.2, 0.25) is 11.9 Å². The second-order valence-electron chi connectivity index (χ2n) is 8.10. The van der Waals surface area contributed by atoms with Crippen molar-refractivity contribution in [2.45, 2.75) is 19.9 Å². The summed E-state index contributed by atoms with van der Waals surface area (Å²) in [7, 11) is 0. The van der Waals surface area contributed by atoms with Gasteiger partial charge in [-0.2, -0.15) is 0 Å². The SMILES string of the molecule is CC(C)N(CC(=O)Nc1nc(-c2ccccc2)cn1-c1ccccc1)C(=O)c1ccc(Cl)cc1. The summed E-state index contributed by atoms with van der Waals surface area (Å²) in [5, 5.41) is 3.45. The summed E-state index contributed by atoms with van der Waals surface area (Å²) in [6, 6.07) is 25.9. The van der Waals surface area contributed by atoms with Crippen LogP contribution in [0.1, 0.15) is 24.2 Å². The van der Waals surface area contributed by atoms with Crippen molar-refractivity contribution in [3.8, 4) is 16.9 Å². The Bertz CT molecular complexity index is 1270. The highest BCUT2D eigenvalue weighted by molar-refractivity contribution is 6.30. The minimum atomic E-state index is -0.335. The van der Waals surface area contributed by atoms with Crippen LogP contribution in [0.5, 0.6) is 0 Å². The number of aromatic nitrogens is 2. The molecule has 172 valence electrons. The van der Waals surface area contributed by atoms with Crippen LogP contribution in [0.25, 0.3) is 16.9 Å². The number of rotatable bonds is 7. The number of nitrogens with one attached hydrogen (secondary N) is 1. The van der Waals surface area contributed by atoms with Gasteiger partial charge in [0.05, 0.1) is 5.69 Å². The number of carbonyl (C=O) groups excluding carboxylic acids is 2. The predicted molar refractivity (Wildman–Crippen MR) is 135 cm³/mol. The van der Waals surface area contributed by atoms with Gasteiger partial charge in [-0.3, -0.25) is 19.5 Å². The monoisotopic (exact) mass is 472 g/mol. The molecule has 1 N–H and O–H groups in total. The summed E-state index contributed by atoms with van der Waals surface area (Å²) in [4.78, 5) is 32.3. The lowest BCUT2D eigenvalue weighted by Crippen LogP contribution is -2.42. The van der Waals surface area contributed by atoms with E-state index in [4.69, 9.17) is 11.6 Å². The molecule has 1 heterocycles. The molecule has 3 aromatic carbocycles. The van der Waals surface area contributed by atoms with Crippen LogP contribution in [0.4, 0.5) is 5.95 Å². The second kappa shape index (κ2) is 10.4. The molecule has 34 heavy (non-hydrogen) atoms. The molecule has 6 nitrogen and oxygen atoms in total. The Morgan fingerprint density at radius 3 is 2.18 bits per heavy atom. The Hall–Kier alpha value is -3.90. The van der Waals surface area contributed by atoms with Crippen molar-refractivity contribution in [2.24, 2.45) is 0 Å². The maximum absolute atomic E-state index is 13.1. The van der Waals surface area contributed by atoms with E-state index in [1.165, 1.54) is 4.90 Å². The second-order valence-corrected chi connectivity index (χ2v) is 8.54. The molecule has 1 aromatic heterocycles. The van der Waals surface area contributed by atoms with Crippen LogP contribution >= 0.6 is 11.6 Å². The van der Waals surface area contributed by atoms with Gasteiger partial charge in [-0.1, -0.05) is 60.1 Å². The number of nitrogens with zero attached hydrogens (tertiary/aromatic N) is 3. The van der Waals surface area contributed by atoms with E-state index in [2.05, 4.69) is 10.3 Å². The molecule has 7 heteroatoms. The van der Waals surface area contributed by atoms with Crippen molar-refractivity contribution in [2.75, 3.05) is 11.9 Å². The van der Waals surface area contributed by atoms with E-state index in [0.29, 0.717) is 16.5 Å². The average molecular weight is 473 g/mol. The fourth-order valence-corrected chi connectivity index (χ4v) is 3.69. The van der Waals surface area contributed by atoms with Crippen LogP contribution in [-0.4, -0.2) is 38.9 Å². The van der Waals surface area contributed by atoms with Gasteiger partial charge < -0.3 is 4.90 Å². The molecule has 0 aliphatic heterocycles. The first-order valence-corrected chi connectivity index (χ1v) is 11.4. The third-order valence-electron chi connectivity index (χ3n) is 5.35. The van der Waals surface area contributed by atoms with Gasteiger partial charge in [-0.05, 0) is 50.2 Å². The van der Waals surface area contributed by atoms with Gasteiger partial charge in [0, 0.05) is 34.1 Å². The van der Waals surface area contributed by atoms with Crippen molar-refractivity contribution in [3.05, 3.63) is 102 Å². The van der Waals surface area contributed by atoms with E-state index in [-0.39, 0.29) is 24.4 Å². The number of benzene rings is 3. The zero-order chi connectivity index (χ0) is 24.1. The van der Waals surface area contributed by atoms with Crippen molar-refractivity contribution in [1.29, 1.82) is 0 Å². The number of carbonyl (C=O) groups is 2. The lowest BCUT2D eigenvalue weighted by molar-refractivity contribution is -0.117. The average Bonchev–Trinajstić information content (AvgIpc) is 3.27. The topological polar surface area (TPSA) is 67.2 Å². The third-order valence-corrected chi connectivity index (χ3v) is 5.60. The predicted octanol–water partition coefficient (Wildman–Crippen LogP) is 5.68. The first kappa shape index (κ1) is 23.3. The van der Waals surface area contributed by atoms with Crippen molar-refractivity contribution in [3.63, 3.8) is 0 Å². The minimum Gasteiger partial charge on any atom is -0.327 e. The maximum atomic E-state index is 13.1. The number of para-hydroxylation sites is 1. The summed E-state index contributed by atoms with van der Waals surface area (Å²) in [6.07, 6.45) is 1.89. The molecule has 0 spiro atoms. The molecule has 0 saturated carbocycles. The van der Waals surface area contributed by atoms with Gasteiger partial charge in [0.1, 0.15) is 6.54 Å². The zero-order valence-electron chi connectivity index (χ0n) is 19.0. The summed E-state index contributed by atoms with van der Waals surface area (Å²) in [5.74, 6) is -0.186. The van der Waals surface area contributed by atoms with Crippen LogP contribution in [-0.2, 0) is 4.79 Å². The first-order chi connectivity index (χ1) is 16.4. The summed E-state index contributed by atoms with van der Waals surface area (Å²) >= 11 is 5.95. The van der Waals surface area contributed by atoms with Crippen LogP contribution in [0.15, 0.2) is 91.1 Å². The Morgan fingerprint density at radius 2 is 1.56 bits per heavy atom. The van der Waals surface area contributed by atoms with E-state index in [1.807, 2.05) is 85.3 Å². The Balaban J connectivity index is 1.59. The third kappa shape index (κ3) is 5.35. The fourth-order valence-electron chi connectivity index (χ4n) is 3.57. The number of anilines is 1. The molecule has 2 amide bonds. The van der Waals surface area contributed by atoms with E-state index in [0.717, 1.165) is 16.9 Å². The van der Waals surface area contributed by atoms with Crippen LogP contribution < -0.4 is 5.32 Å². The van der Waals surface area contributed by atoms with Crippen molar-refractivity contribution in [1.82, 2.24) is 14.5 Å². The molecule has 4 rings (SSSR count). The van der Waals surface area contributed by atoms with Crippen LogP contribution in [0, 0.1) is 0 Å². The molecule has 0 aliphatic rings. The lowest BCUT2D eigenvalue weighted by Gasteiger charge is -2.26. The van der Waals surface area contributed by atoms with Gasteiger partial charge >= 0.3 is 0 Å². The normalized spacial score (nSPS) is 10.8. The minimum absolute atomic E-state index is 0.110. The van der Waals surface area contributed by atoms with E-state index in [1.54, 1.807) is 24.3 Å². The Morgan fingerprint density at radius 1 is 0.941 bits per heavy atom. The number of imidazole rings is 1. The van der Waals surface area contributed by atoms with Crippen LogP contribution in [0.3, 0.4) is 0 Å². The number of amides is 2. The maximum Gasteiger partial charge on any atom is 0.254 e. The molecule has 0 radical (unpaired) electrons. The molecule has 0 bridgehead atoms. The fraction of sp³-hybridized carbons (Fsp3) is 0.148. The van der Waals surface area contributed by atoms with Gasteiger partial charge in [-0.25, -0.2) is 4.98 Å². The van der Waals surface area contributed by atoms with Crippen molar-refractivity contribution < 1.29 is 9.59 Å². The zero-order valence-corrected chi connectivity index (χ0v) is 19.7. The summed E-state index contributed by atoms with van der Waals surface area (Å²) < 4.78 is 1.83. The lowest BCUT2D eigenvalue weighted by atomic mass is 10.1. The van der Waals surface area contributed by atoms with E-state index < -0.39 is 0 Å². The van der Waals surface area contributed by atoms with Gasteiger partial charge in [0.25, 0.3) is 5.91 Å². The molecular formula is C27H25ClN4O2. The van der Waals surface area contributed by atoms with Gasteiger partial charge in [0.15, 0.2) is 0 Å². The highest BCUT2D eigenvalue weighted by Crippen LogP contribution is 2.24. The standard InChI is InChI=1S/C27H25ClN4O2/c1-19(2)31(26(34)21-13-15-22(28)16-14-21)18-25(33)30-27-29-24(20-9-5-3-6-10-20)17-32(27)23-11-7-4-8-12-23/h3-17,19H,18H2,1-2H3,(H,29,30,33).